The minimum atomic E-state index is -0.819. The van der Waals surface area contributed by atoms with E-state index >= 15 is 0 Å². The minimum absolute atomic E-state index is 0.0278. The van der Waals surface area contributed by atoms with Crippen molar-refractivity contribution >= 4 is 47.0 Å². The Morgan fingerprint density at radius 3 is 2.35 bits per heavy atom. The molecule has 3 atom stereocenters. The summed E-state index contributed by atoms with van der Waals surface area (Å²) in [6, 6.07) is 13.5. The van der Waals surface area contributed by atoms with Gasteiger partial charge < -0.3 is 15.3 Å². The topological polar surface area (TPSA) is 69.6 Å². The van der Waals surface area contributed by atoms with Gasteiger partial charge in [-0.2, -0.15) is 0 Å². The van der Waals surface area contributed by atoms with E-state index in [9.17, 15) is 9.59 Å². The second-order valence-electron chi connectivity index (χ2n) is 8.11. The number of piperidine rings is 1. The molecule has 0 saturated carbocycles. The normalized spacial score (nSPS) is 22.4. The fourth-order valence-electron chi connectivity index (χ4n) is 4.54. The van der Waals surface area contributed by atoms with Crippen LogP contribution in [-0.2, 0) is 17.8 Å². The number of amides is 2. The summed E-state index contributed by atoms with van der Waals surface area (Å²) in [5.74, 6) is -0.819. The number of hydrogen-bond donors (Lipinski definition) is 2. The molecule has 0 aliphatic carbocycles. The van der Waals surface area contributed by atoms with Gasteiger partial charge in [0.2, 0.25) is 0 Å². The Labute approximate surface area is 196 Å². The molecule has 31 heavy (non-hydrogen) atoms. The van der Waals surface area contributed by atoms with Gasteiger partial charge >= 0.3 is 12.0 Å². The summed E-state index contributed by atoms with van der Waals surface area (Å²) in [6.07, 6.45) is 4.05. The molecule has 0 radical (unpaired) electrons. The zero-order chi connectivity index (χ0) is 22.0. The smallest absolute Gasteiger partial charge is 0.318 e. The summed E-state index contributed by atoms with van der Waals surface area (Å²) in [7, 11) is 0. The van der Waals surface area contributed by atoms with Gasteiger partial charge in [-0.3, -0.25) is 4.79 Å². The second kappa shape index (κ2) is 9.72. The van der Waals surface area contributed by atoms with Crippen molar-refractivity contribution < 1.29 is 14.7 Å². The molecule has 0 unspecified atom stereocenters. The summed E-state index contributed by atoms with van der Waals surface area (Å²) in [4.78, 5) is 26.9. The Hall–Kier alpha value is -1.89. The maximum atomic E-state index is 12.9. The molecule has 2 bridgehead atoms. The molecule has 2 aliphatic rings. The lowest BCUT2D eigenvalue weighted by Crippen LogP contribution is -2.51. The van der Waals surface area contributed by atoms with Gasteiger partial charge in [-0.1, -0.05) is 41.4 Å². The standard InChI is InChI=1S/C23H24Cl2N2O3S/c24-16-4-3-15(21(25)10-16)13-26-23(30)27-17-5-6-18(27)12-20(11-17)31-19-7-1-14(2-8-19)9-22(28)29/h1-4,7-8,10,17-18,20H,5-6,9,11-13H2,(H,26,30)(H,28,29)/t17-,18+,20+. The highest BCUT2D eigenvalue weighted by Gasteiger charge is 2.43. The Kier molecular flexibility index (Phi) is 6.99. The van der Waals surface area contributed by atoms with Crippen LogP contribution >= 0.6 is 35.0 Å². The van der Waals surface area contributed by atoms with Crippen molar-refractivity contribution in [1.82, 2.24) is 10.2 Å². The van der Waals surface area contributed by atoms with Gasteiger partial charge in [0.15, 0.2) is 0 Å². The van der Waals surface area contributed by atoms with Crippen molar-refractivity contribution in [2.24, 2.45) is 0 Å². The molecular formula is C23H24Cl2N2O3S. The van der Waals surface area contributed by atoms with Gasteiger partial charge in [0, 0.05) is 38.8 Å². The Morgan fingerprint density at radius 1 is 1.06 bits per heavy atom. The largest absolute Gasteiger partial charge is 0.481 e. The molecule has 2 heterocycles. The van der Waals surface area contributed by atoms with Crippen molar-refractivity contribution in [1.29, 1.82) is 0 Å². The number of nitrogens with zero attached hydrogens (tertiary/aromatic N) is 1. The number of carbonyl (C=O) groups excluding carboxylic acids is 1. The van der Waals surface area contributed by atoms with Crippen molar-refractivity contribution in [2.75, 3.05) is 0 Å². The molecule has 2 N–H and O–H groups in total. The van der Waals surface area contributed by atoms with Gasteiger partial charge in [-0.25, -0.2) is 4.79 Å². The molecule has 4 rings (SSSR count). The molecular weight excluding hydrogens is 455 g/mol. The lowest BCUT2D eigenvalue weighted by molar-refractivity contribution is -0.136. The van der Waals surface area contributed by atoms with E-state index in [0.717, 1.165) is 41.7 Å². The SMILES string of the molecule is O=C(O)Cc1ccc(S[C@H]2C[C@H]3CC[C@@H](C2)N3C(=O)NCc2ccc(Cl)cc2Cl)cc1. The van der Waals surface area contributed by atoms with E-state index in [1.165, 1.54) is 0 Å². The van der Waals surface area contributed by atoms with Crippen LogP contribution in [0.3, 0.4) is 0 Å². The highest BCUT2D eigenvalue weighted by atomic mass is 35.5. The lowest BCUT2D eigenvalue weighted by Gasteiger charge is -2.38. The molecule has 0 aromatic heterocycles. The third kappa shape index (κ3) is 5.48. The summed E-state index contributed by atoms with van der Waals surface area (Å²) >= 11 is 14.0. The van der Waals surface area contributed by atoms with Crippen LogP contribution in [0.2, 0.25) is 10.0 Å². The first-order valence-electron chi connectivity index (χ1n) is 10.4. The Morgan fingerprint density at radius 2 is 1.74 bits per heavy atom. The van der Waals surface area contributed by atoms with Crippen LogP contribution in [0.25, 0.3) is 0 Å². The third-order valence-corrected chi connectivity index (χ3v) is 7.80. The van der Waals surface area contributed by atoms with Crippen LogP contribution in [0.4, 0.5) is 4.79 Å². The number of aliphatic carboxylic acids is 1. The number of halogens is 2. The monoisotopic (exact) mass is 478 g/mol. The first-order chi connectivity index (χ1) is 14.9. The van der Waals surface area contributed by atoms with E-state index in [2.05, 4.69) is 5.32 Å². The maximum Gasteiger partial charge on any atom is 0.318 e. The average molecular weight is 479 g/mol. The van der Waals surface area contributed by atoms with Crippen LogP contribution in [0.5, 0.6) is 0 Å². The highest BCUT2D eigenvalue weighted by molar-refractivity contribution is 8.00. The van der Waals surface area contributed by atoms with Crippen molar-refractivity contribution in [2.45, 2.75) is 60.9 Å². The third-order valence-electron chi connectivity index (χ3n) is 5.95. The Balaban J connectivity index is 1.32. The molecule has 0 spiro atoms. The lowest BCUT2D eigenvalue weighted by atomic mass is 10.0. The van der Waals surface area contributed by atoms with E-state index in [4.69, 9.17) is 28.3 Å². The van der Waals surface area contributed by atoms with Crippen LogP contribution in [0, 0.1) is 0 Å². The molecule has 2 aromatic carbocycles. The predicted octanol–water partition coefficient (Wildman–Crippen LogP) is 5.62. The minimum Gasteiger partial charge on any atom is -0.481 e. The van der Waals surface area contributed by atoms with Gasteiger partial charge in [0.1, 0.15) is 0 Å². The molecule has 5 nitrogen and oxygen atoms in total. The predicted molar refractivity (Wildman–Crippen MR) is 124 cm³/mol. The zero-order valence-corrected chi connectivity index (χ0v) is 19.2. The molecule has 2 aromatic rings. The summed E-state index contributed by atoms with van der Waals surface area (Å²) < 4.78 is 0. The maximum absolute atomic E-state index is 12.9. The Bertz CT molecular complexity index is 956. The number of benzene rings is 2. The number of hydrogen-bond acceptors (Lipinski definition) is 3. The zero-order valence-electron chi connectivity index (χ0n) is 16.9. The molecule has 164 valence electrons. The van der Waals surface area contributed by atoms with E-state index in [-0.39, 0.29) is 24.5 Å². The number of carbonyl (C=O) groups is 2. The number of carboxylic acid groups (broad SMARTS) is 1. The van der Waals surface area contributed by atoms with Gasteiger partial charge in [0.25, 0.3) is 0 Å². The fourth-order valence-corrected chi connectivity index (χ4v) is 6.33. The van der Waals surface area contributed by atoms with Gasteiger partial charge in [0.05, 0.1) is 6.42 Å². The van der Waals surface area contributed by atoms with Crippen LogP contribution in [0.1, 0.15) is 36.8 Å². The van der Waals surface area contributed by atoms with Crippen LogP contribution in [-0.4, -0.2) is 39.3 Å². The van der Waals surface area contributed by atoms with Gasteiger partial charge in [-0.15, -0.1) is 11.8 Å². The number of rotatable bonds is 6. The van der Waals surface area contributed by atoms with E-state index in [1.54, 1.807) is 12.1 Å². The fraction of sp³-hybridized carbons (Fsp3) is 0.391. The second-order valence-corrected chi connectivity index (χ2v) is 10.3. The molecule has 2 amide bonds. The molecule has 2 fully saturated rings. The van der Waals surface area contributed by atoms with Crippen molar-refractivity contribution in [3.05, 3.63) is 63.6 Å². The number of carboxylic acids is 1. The summed E-state index contributed by atoms with van der Waals surface area (Å²) in [5.41, 5.74) is 1.66. The van der Waals surface area contributed by atoms with Crippen LogP contribution in [0.15, 0.2) is 47.4 Å². The molecule has 8 heteroatoms. The van der Waals surface area contributed by atoms with Crippen LogP contribution < -0.4 is 5.32 Å². The van der Waals surface area contributed by atoms with Crippen molar-refractivity contribution in [3.63, 3.8) is 0 Å². The average Bonchev–Trinajstić information content (AvgIpc) is 2.99. The number of nitrogens with one attached hydrogen (secondary N) is 1. The number of fused-ring (bicyclic) bond motifs is 2. The molecule has 2 saturated heterocycles. The first kappa shape index (κ1) is 22.3. The van der Waals surface area contributed by atoms with Gasteiger partial charge in [-0.05, 0) is 61.1 Å². The summed E-state index contributed by atoms with van der Waals surface area (Å²) in [5, 5.41) is 13.5. The quantitative estimate of drug-likeness (QED) is 0.565. The van der Waals surface area contributed by atoms with E-state index in [0.29, 0.717) is 21.8 Å². The first-order valence-corrected chi connectivity index (χ1v) is 12.0. The summed E-state index contributed by atoms with van der Waals surface area (Å²) in [6.45, 7) is 0.381. The molecule has 2 aliphatic heterocycles. The van der Waals surface area contributed by atoms with E-state index < -0.39 is 5.97 Å². The van der Waals surface area contributed by atoms with Crippen molar-refractivity contribution in [3.8, 4) is 0 Å². The highest BCUT2D eigenvalue weighted by Crippen LogP contribution is 2.42. The van der Waals surface area contributed by atoms with E-state index in [1.807, 2.05) is 47.0 Å². The number of urea groups is 1. The number of thioether (sulfide) groups is 1.